The first-order valence-corrected chi connectivity index (χ1v) is 7.88. The minimum Gasteiger partial charge on any atom is -0.466 e. The first-order valence-electron chi connectivity index (χ1n) is 7.88. The number of Topliss-reactive ketones (excluding diaryl/α,β-unsaturated/α-hetero) is 1. The zero-order chi connectivity index (χ0) is 17.3. The first-order chi connectivity index (χ1) is 10.9. The van der Waals surface area contributed by atoms with Crippen molar-refractivity contribution in [1.82, 2.24) is 0 Å². The summed E-state index contributed by atoms with van der Waals surface area (Å²) >= 11 is 0. The molecule has 0 aliphatic carbocycles. The molecule has 5 heteroatoms. The van der Waals surface area contributed by atoms with Crippen LogP contribution in [0.1, 0.15) is 38.3 Å². The fourth-order valence-electron chi connectivity index (χ4n) is 2.28. The third-order valence-electron chi connectivity index (χ3n) is 3.89. The van der Waals surface area contributed by atoms with Gasteiger partial charge in [0.2, 0.25) is 0 Å². The fourth-order valence-corrected chi connectivity index (χ4v) is 2.28. The zero-order valence-electron chi connectivity index (χ0n) is 14.1. The minimum absolute atomic E-state index is 0.00187. The van der Waals surface area contributed by atoms with E-state index in [4.69, 9.17) is 14.6 Å². The smallest absolute Gasteiger partial charge is 0.306 e. The molecule has 0 fully saturated rings. The Morgan fingerprint density at radius 3 is 2.65 bits per heavy atom. The molecule has 0 bridgehead atoms. The van der Waals surface area contributed by atoms with Gasteiger partial charge in [0.15, 0.2) is 0 Å². The summed E-state index contributed by atoms with van der Waals surface area (Å²) in [5.74, 6) is -0.225. The van der Waals surface area contributed by atoms with Crippen LogP contribution in [0.15, 0.2) is 24.3 Å². The lowest BCUT2D eigenvalue weighted by Gasteiger charge is -2.27. The van der Waals surface area contributed by atoms with Crippen LogP contribution in [0.4, 0.5) is 0 Å². The summed E-state index contributed by atoms with van der Waals surface area (Å²) < 4.78 is 10.3. The molecule has 1 unspecified atom stereocenters. The summed E-state index contributed by atoms with van der Waals surface area (Å²) in [4.78, 5) is 23.6. The van der Waals surface area contributed by atoms with E-state index in [-0.39, 0.29) is 31.6 Å². The number of hydrogen-bond donors (Lipinski definition) is 1. The Morgan fingerprint density at radius 2 is 2.04 bits per heavy atom. The molecule has 23 heavy (non-hydrogen) atoms. The Bertz CT molecular complexity index is 526. The maximum Gasteiger partial charge on any atom is 0.306 e. The van der Waals surface area contributed by atoms with E-state index in [2.05, 4.69) is 0 Å². The highest BCUT2D eigenvalue weighted by Gasteiger charge is 2.32. The Morgan fingerprint density at radius 1 is 1.30 bits per heavy atom. The third kappa shape index (κ3) is 5.77. The van der Waals surface area contributed by atoms with E-state index in [0.717, 1.165) is 11.1 Å². The lowest BCUT2D eigenvalue weighted by molar-refractivity contribution is -0.143. The molecular formula is C18H26O5. The number of benzene rings is 1. The number of rotatable bonds is 10. The van der Waals surface area contributed by atoms with Crippen molar-refractivity contribution >= 4 is 11.8 Å². The molecule has 1 atom stereocenters. The molecule has 5 nitrogen and oxygen atoms in total. The molecule has 1 N–H and O–H groups in total. The largest absolute Gasteiger partial charge is 0.466 e. The van der Waals surface area contributed by atoms with Crippen LogP contribution in [0, 0.1) is 0 Å². The minimum atomic E-state index is -0.769. The van der Waals surface area contributed by atoms with Crippen molar-refractivity contribution in [1.29, 1.82) is 0 Å². The molecular weight excluding hydrogens is 296 g/mol. The van der Waals surface area contributed by atoms with Crippen LogP contribution in [0.3, 0.4) is 0 Å². The number of ether oxygens (including phenoxy) is 2. The molecule has 0 aromatic heterocycles. The quantitative estimate of drug-likeness (QED) is 0.527. The maximum atomic E-state index is 12.1. The number of carbonyl (C=O) groups excluding carboxylic acids is 2. The van der Waals surface area contributed by atoms with Gasteiger partial charge in [0.1, 0.15) is 5.78 Å². The highest BCUT2D eigenvalue weighted by molar-refractivity contribution is 5.87. The van der Waals surface area contributed by atoms with Crippen LogP contribution >= 0.6 is 0 Å². The van der Waals surface area contributed by atoms with Gasteiger partial charge in [-0.15, -0.1) is 0 Å². The molecule has 0 heterocycles. The van der Waals surface area contributed by atoms with E-state index in [9.17, 15) is 9.59 Å². The van der Waals surface area contributed by atoms with E-state index >= 15 is 0 Å². The van der Waals surface area contributed by atoms with Crippen LogP contribution in [-0.2, 0) is 30.9 Å². The van der Waals surface area contributed by atoms with Gasteiger partial charge in [-0.2, -0.15) is 0 Å². The van der Waals surface area contributed by atoms with E-state index < -0.39 is 5.41 Å². The Balaban J connectivity index is 2.86. The summed E-state index contributed by atoms with van der Waals surface area (Å²) in [6.07, 6.45) is 0.882. The highest BCUT2D eigenvalue weighted by atomic mass is 16.5. The fraction of sp³-hybridized carbons (Fsp3) is 0.556. The zero-order valence-corrected chi connectivity index (χ0v) is 14.1. The second kappa shape index (κ2) is 9.43. The van der Waals surface area contributed by atoms with Crippen molar-refractivity contribution < 1.29 is 24.2 Å². The number of aliphatic hydroxyl groups excluding tert-OH is 1. The summed E-state index contributed by atoms with van der Waals surface area (Å²) in [6.45, 7) is 5.86. The van der Waals surface area contributed by atoms with Crippen molar-refractivity contribution in [2.24, 2.45) is 0 Å². The van der Waals surface area contributed by atoms with Gasteiger partial charge in [-0.1, -0.05) is 24.3 Å². The summed E-state index contributed by atoms with van der Waals surface area (Å²) in [5, 5.41) is 8.83. The molecule has 1 aromatic carbocycles. The maximum absolute atomic E-state index is 12.1. The number of aliphatic hydroxyl groups is 1. The molecule has 0 saturated heterocycles. The highest BCUT2D eigenvalue weighted by Crippen LogP contribution is 2.26. The van der Waals surface area contributed by atoms with Gasteiger partial charge in [0.05, 0.1) is 31.8 Å². The molecule has 0 aliphatic rings. The van der Waals surface area contributed by atoms with Crippen molar-refractivity contribution in [2.45, 2.75) is 39.0 Å². The van der Waals surface area contributed by atoms with E-state index in [1.165, 1.54) is 6.92 Å². The standard InChI is InChI=1S/C18H26O5/c1-4-23-17(21)9-8-15-6-5-7-16(12-15)18(3,14(2)20)13-22-11-10-19/h5-7,12,19H,4,8-11,13H2,1-3H3. The Kier molecular flexibility index (Phi) is 7.92. The SMILES string of the molecule is CCOC(=O)CCc1cccc(C(C)(COCCO)C(C)=O)c1. The molecule has 1 aromatic rings. The number of aryl methyl sites for hydroxylation is 1. The van der Waals surface area contributed by atoms with Gasteiger partial charge in [-0.05, 0) is 38.3 Å². The number of esters is 1. The molecule has 1 rings (SSSR count). The second-order valence-electron chi connectivity index (χ2n) is 5.67. The van der Waals surface area contributed by atoms with Gasteiger partial charge in [-0.25, -0.2) is 0 Å². The van der Waals surface area contributed by atoms with Crippen molar-refractivity contribution in [3.63, 3.8) is 0 Å². The van der Waals surface area contributed by atoms with Crippen LogP contribution in [-0.4, -0.2) is 43.3 Å². The number of carbonyl (C=O) groups is 2. The molecule has 0 radical (unpaired) electrons. The lowest BCUT2D eigenvalue weighted by atomic mass is 9.79. The number of ketones is 1. The Labute approximate surface area is 137 Å². The van der Waals surface area contributed by atoms with Gasteiger partial charge < -0.3 is 14.6 Å². The monoisotopic (exact) mass is 322 g/mol. The molecule has 128 valence electrons. The number of hydrogen-bond acceptors (Lipinski definition) is 5. The van der Waals surface area contributed by atoms with E-state index in [1.807, 2.05) is 31.2 Å². The topological polar surface area (TPSA) is 72.8 Å². The van der Waals surface area contributed by atoms with Crippen molar-refractivity contribution in [2.75, 3.05) is 26.4 Å². The summed E-state index contributed by atoms with van der Waals surface area (Å²) in [7, 11) is 0. The molecule has 0 spiro atoms. The van der Waals surface area contributed by atoms with Crippen LogP contribution < -0.4 is 0 Å². The van der Waals surface area contributed by atoms with Gasteiger partial charge in [0, 0.05) is 6.42 Å². The summed E-state index contributed by atoms with van der Waals surface area (Å²) in [5.41, 5.74) is 1.06. The predicted octanol–water partition coefficient (Wildman–Crippen LogP) is 2.04. The summed E-state index contributed by atoms with van der Waals surface area (Å²) in [6, 6.07) is 7.63. The van der Waals surface area contributed by atoms with E-state index in [1.54, 1.807) is 6.92 Å². The van der Waals surface area contributed by atoms with Crippen LogP contribution in [0.5, 0.6) is 0 Å². The molecule has 0 aliphatic heterocycles. The lowest BCUT2D eigenvalue weighted by Crippen LogP contribution is -2.36. The normalized spacial score (nSPS) is 13.4. The van der Waals surface area contributed by atoms with E-state index in [0.29, 0.717) is 19.4 Å². The van der Waals surface area contributed by atoms with Gasteiger partial charge in [-0.3, -0.25) is 9.59 Å². The molecule has 0 saturated carbocycles. The van der Waals surface area contributed by atoms with Gasteiger partial charge >= 0.3 is 5.97 Å². The average Bonchev–Trinajstić information content (AvgIpc) is 2.53. The van der Waals surface area contributed by atoms with Gasteiger partial charge in [0.25, 0.3) is 0 Å². The van der Waals surface area contributed by atoms with Crippen molar-refractivity contribution in [3.8, 4) is 0 Å². The third-order valence-corrected chi connectivity index (χ3v) is 3.89. The Hall–Kier alpha value is -1.72. The average molecular weight is 322 g/mol. The second-order valence-corrected chi connectivity index (χ2v) is 5.67. The van der Waals surface area contributed by atoms with Crippen LogP contribution in [0.25, 0.3) is 0 Å². The van der Waals surface area contributed by atoms with Crippen molar-refractivity contribution in [3.05, 3.63) is 35.4 Å². The molecule has 0 amide bonds. The predicted molar refractivity (Wildman–Crippen MR) is 87.3 cm³/mol. The first kappa shape index (κ1) is 19.3. The van der Waals surface area contributed by atoms with Crippen LogP contribution in [0.2, 0.25) is 0 Å².